The van der Waals surface area contributed by atoms with Gasteiger partial charge in [-0.15, -0.1) is 0 Å². The van der Waals surface area contributed by atoms with Crippen LogP contribution in [0.15, 0.2) is 12.2 Å². The van der Waals surface area contributed by atoms with E-state index in [1.165, 1.54) is 77.0 Å². The maximum Gasteiger partial charge on any atom is 0.313 e. The fourth-order valence-electron chi connectivity index (χ4n) is 2.83. The van der Waals surface area contributed by atoms with Crippen LogP contribution in [0.3, 0.4) is 0 Å². The first kappa shape index (κ1) is 23.4. The summed E-state index contributed by atoms with van der Waals surface area (Å²) in [7, 11) is 4.03. The smallest absolute Gasteiger partial charge is 0.266 e. The first-order chi connectivity index (χ1) is 11.5. The molecule has 0 bridgehead atoms. The molecule has 0 aliphatic carbocycles. The van der Waals surface area contributed by atoms with Gasteiger partial charge in [0.15, 0.2) is 0 Å². The van der Waals surface area contributed by atoms with Gasteiger partial charge in [-0.25, -0.2) is 4.79 Å². The van der Waals surface area contributed by atoms with Crippen LogP contribution in [0.1, 0.15) is 104 Å². The van der Waals surface area contributed by atoms with Crippen molar-refractivity contribution in [1.29, 1.82) is 0 Å². The average Bonchev–Trinajstić information content (AvgIpc) is 2.58. The minimum Gasteiger partial charge on any atom is -0.266 e. The lowest BCUT2D eigenvalue weighted by molar-refractivity contribution is -0.812. The summed E-state index contributed by atoms with van der Waals surface area (Å²) in [6.07, 6.45) is 22.5. The van der Waals surface area contributed by atoms with Crippen molar-refractivity contribution in [2.24, 2.45) is 0 Å². The highest BCUT2D eigenvalue weighted by Crippen LogP contribution is 2.11. The first-order valence-corrected chi connectivity index (χ1v) is 10.6. The molecule has 0 aromatic heterocycles. The molecular formula is C22H44NO+. The Balaban J connectivity index is 3.30. The van der Waals surface area contributed by atoms with Crippen molar-refractivity contribution in [2.75, 3.05) is 20.6 Å². The maximum absolute atomic E-state index is 12.0. The lowest BCUT2D eigenvalue weighted by Crippen LogP contribution is -2.45. The Hall–Kier alpha value is -0.630. The van der Waals surface area contributed by atoms with Crippen LogP contribution >= 0.6 is 0 Å². The molecule has 0 rings (SSSR count). The summed E-state index contributed by atoms with van der Waals surface area (Å²) in [5.74, 6) is 0.384. The highest BCUT2D eigenvalue weighted by molar-refractivity contribution is 5.68. The van der Waals surface area contributed by atoms with Gasteiger partial charge in [0.1, 0.15) is 0 Å². The second-order valence-electron chi connectivity index (χ2n) is 7.73. The van der Waals surface area contributed by atoms with Crippen LogP contribution < -0.4 is 0 Å². The third-order valence-corrected chi connectivity index (χ3v) is 5.12. The zero-order valence-electron chi connectivity index (χ0n) is 17.1. The molecule has 0 N–H and O–H groups in total. The second-order valence-corrected chi connectivity index (χ2v) is 7.73. The summed E-state index contributed by atoms with van der Waals surface area (Å²) in [5, 5.41) is 0. The van der Waals surface area contributed by atoms with Crippen LogP contribution in [0.5, 0.6) is 0 Å². The van der Waals surface area contributed by atoms with Gasteiger partial charge >= 0.3 is 5.91 Å². The Bertz CT molecular complexity index is 320. The molecule has 142 valence electrons. The van der Waals surface area contributed by atoms with Crippen molar-refractivity contribution >= 4 is 5.91 Å². The lowest BCUT2D eigenvalue weighted by atomic mass is 10.1. The fourth-order valence-corrected chi connectivity index (χ4v) is 2.83. The summed E-state index contributed by atoms with van der Waals surface area (Å²) in [4.78, 5) is 12.0. The Morgan fingerprint density at radius 1 is 0.708 bits per heavy atom. The van der Waals surface area contributed by atoms with E-state index in [9.17, 15) is 4.79 Å². The third-order valence-electron chi connectivity index (χ3n) is 5.12. The molecule has 0 aromatic carbocycles. The molecule has 2 heteroatoms. The van der Waals surface area contributed by atoms with Gasteiger partial charge in [0, 0.05) is 0 Å². The number of rotatable bonds is 16. The summed E-state index contributed by atoms with van der Waals surface area (Å²) in [5.41, 5.74) is 0. The molecule has 0 atom stereocenters. The lowest BCUT2D eigenvalue weighted by Gasteiger charge is -2.24. The van der Waals surface area contributed by atoms with Crippen molar-refractivity contribution in [3.63, 3.8) is 0 Å². The van der Waals surface area contributed by atoms with Crippen LogP contribution in [0.2, 0.25) is 0 Å². The van der Waals surface area contributed by atoms with Gasteiger partial charge < -0.3 is 0 Å². The highest BCUT2D eigenvalue weighted by Gasteiger charge is 2.22. The molecule has 0 fully saturated rings. The highest BCUT2D eigenvalue weighted by atomic mass is 16.2. The number of allylic oxidation sites excluding steroid dienone is 2. The van der Waals surface area contributed by atoms with Crippen LogP contribution in [-0.2, 0) is 4.79 Å². The number of nitrogens with zero attached hydrogens (tertiary/aromatic N) is 1. The van der Waals surface area contributed by atoms with Crippen molar-refractivity contribution in [3.8, 4) is 0 Å². The Kier molecular flexibility index (Phi) is 15.5. The predicted octanol–water partition coefficient (Wildman–Crippen LogP) is 6.65. The number of amides is 1. The van der Waals surface area contributed by atoms with E-state index < -0.39 is 0 Å². The summed E-state index contributed by atoms with van der Waals surface area (Å²) in [6, 6.07) is 0. The van der Waals surface area contributed by atoms with Gasteiger partial charge in [-0.3, -0.25) is 4.48 Å². The molecule has 0 radical (unpaired) electrons. The summed E-state index contributed by atoms with van der Waals surface area (Å²) >= 11 is 0. The van der Waals surface area contributed by atoms with E-state index in [2.05, 4.69) is 26.0 Å². The third kappa shape index (κ3) is 13.8. The Morgan fingerprint density at radius 3 is 1.67 bits per heavy atom. The van der Waals surface area contributed by atoms with Gasteiger partial charge in [-0.1, -0.05) is 70.4 Å². The quantitative estimate of drug-likeness (QED) is 0.175. The monoisotopic (exact) mass is 338 g/mol. The molecule has 0 aliphatic heterocycles. The van der Waals surface area contributed by atoms with Gasteiger partial charge in [0.25, 0.3) is 0 Å². The molecule has 1 amide bonds. The van der Waals surface area contributed by atoms with E-state index in [-0.39, 0.29) is 0 Å². The first-order valence-electron chi connectivity index (χ1n) is 10.6. The zero-order valence-corrected chi connectivity index (χ0v) is 17.1. The second kappa shape index (κ2) is 15.9. The molecule has 0 unspecified atom stereocenters. The van der Waals surface area contributed by atoms with E-state index in [0.717, 1.165) is 19.4 Å². The maximum atomic E-state index is 12.0. The largest absolute Gasteiger partial charge is 0.313 e. The predicted molar refractivity (Wildman–Crippen MR) is 107 cm³/mol. The fraction of sp³-hybridized carbons (Fsp3) is 0.864. The topological polar surface area (TPSA) is 17.1 Å². The zero-order chi connectivity index (χ0) is 18.1. The van der Waals surface area contributed by atoms with E-state index in [0.29, 0.717) is 10.4 Å². The van der Waals surface area contributed by atoms with Crippen molar-refractivity contribution in [2.45, 2.75) is 104 Å². The van der Waals surface area contributed by atoms with Gasteiger partial charge in [-0.2, -0.15) is 0 Å². The molecule has 24 heavy (non-hydrogen) atoms. The molecule has 0 spiro atoms. The Labute approximate surface area is 152 Å². The standard InChI is InChI=1S/C22H44NO/c1-5-7-8-9-10-11-12-13-14-15-16-17-18-19-20-21-22(24)23(3,4)6-2/h13-14H,5-12,15-21H2,1-4H3/q+1/b14-13-. The molecule has 0 aliphatic rings. The average molecular weight is 339 g/mol. The van der Waals surface area contributed by atoms with Crippen molar-refractivity contribution in [3.05, 3.63) is 12.2 Å². The van der Waals surface area contributed by atoms with Gasteiger partial charge in [0.05, 0.1) is 27.1 Å². The van der Waals surface area contributed by atoms with Crippen LogP contribution in [0.25, 0.3) is 0 Å². The SMILES string of the molecule is CCCCCCCC/C=C\CCCCCCCC(=O)[N+](C)(C)CC. The molecule has 0 aromatic rings. The molecule has 2 nitrogen and oxygen atoms in total. The minimum absolute atomic E-state index is 0.384. The molecule has 0 saturated carbocycles. The summed E-state index contributed by atoms with van der Waals surface area (Å²) < 4.78 is 0.531. The van der Waals surface area contributed by atoms with Gasteiger partial charge in [0.2, 0.25) is 0 Å². The van der Waals surface area contributed by atoms with E-state index in [1.54, 1.807) is 0 Å². The minimum atomic E-state index is 0.384. The van der Waals surface area contributed by atoms with Gasteiger partial charge in [-0.05, 0) is 39.0 Å². The summed E-state index contributed by atoms with van der Waals surface area (Å²) in [6.45, 7) is 5.25. The Morgan fingerprint density at radius 2 is 1.17 bits per heavy atom. The number of carbonyl (C=O) groups excluding carboxylic acids is 1. The van der Waals surface area contributed by atoms with Crippen LogP contribution in [0, 0.1) is 0 Å². The normalized spacial score (nSPS) is 12.2. The van der Waals surface area contributed by atoms with Crippen molar-refractivity contribution in [1.82, 2.24) is 0 Å². The van der Waals surface area contributed by atoms with Crippen molar-refractivity contribution < 1.29 is 9.28 Å². The number of hydrogen-bond donors (Lipinski definition) is 0. The molecular weight excluding hydrogens is 294 g/mol. The van der Waals surface area contributed by atoms with Crippen LogP contribution in [0.4, 0.5) is 0 Å². The molecule has 0 heterocycles. The van der Waals surface area contributed by atoms with E-state index in [1.807, 2.05) is 14.1 Å². The number of hydrogen-bond acceptors (Lipinski definition) is 1. The van der Waals surface area contributed by atoms with E-state index >= 15 is 0 Å². The number of quaternary nitrogens is 1. The van der Waals surface area contributed by atoms with E-state index in [4.69, 9.17) is 0 Å². The number of unbranched alkanes of at least 4 members (excludes halogenated alkanes) is 11. The number of carbonyl (C=O) groups is 1. The molecule has 0 saturated heterocycles. The van der Waals surface area contributed by atoms with Crippen LogP contribution in [-0.4, -0.2) is 31.0 Å².